The van der Waals surface area contributed by atoms with Gasteiger partial charge in [-0.05, 0) is 55.8 Å². The Morgan fingerprint density at radius 3 is 2.33 bits per heavy atom. The van der Waals surface area contributed by atoms with Crippen LogP contribution in [0.1, 0.15) is 35.7 Å². The molecule has 0 radical (unpaired) electrons. The Balaban J connectivity index is 1.60. The highest BCUT2D eigenvalue weighted by atomic mass is 16.5. The highest BCUT2D eigenvalue weighted by Crippen LogP contribution is 2.17. The minimum atomic E-state index is -0.328. The molecule has 0 unspecified atom stereocenters. The van der Waals surface area contributed by atoms with Gasteiger partial charge in [0, 0.05) is 5.56 Å². The Morgan fingerprint density at radius 1 is 1.04 bits per heavy atom. The van der Waals surface area contributed by atoms with Gasteiger partial charge in [-0.25, -0.2) is 0 Å². The van der Waals surface area contributed by atoms with Crippen LogP contribution in [0, 0.1) is 0 Å². The van der Waals surface area contributed by atoms with Crippen LogP contribution in [-0.2, 0) is 6.42 Å². The zero-order valence-electron chi connectivity index (χ0n) is 15.4. The Morgan fingerprint density at radius 2 is 1.70 bits per heavy atom. The molecule has 7 heteroatoms. The van der Waals surface area contributed by atoms with E-state index in [1.165, 1.54) is 0 Å². The molecule has 0 spiro atoms. The molecule has 0 saturated carbocycles. The molecule has 3 rings (SSSR count). The number of hydrogen-bond acceptors (Lipinski definition) is 6. The third-order valence-corrected chi connectivity index (χ3v) is 3.69. The lowest BCUT2D eigenvalue weighted by Gasteiger charge is -2.09. The topological polar surface area (TPSA) is 86.5 Å². The van der Waals surface area contributed by atoms with Gasteiger partial charge >= 0.3 is 6.01 Å². The van der Waals surface area contributed by atoms with E-state index in [4.69, 9.17) is 13.9 Å². The van der Waals surface area contributed by atoms with E-state index in [1.807, 2.05) is 38.1 Å². The van der Waals surface area contributed by atoms with Crippen LogP contribution in [0.3, 0.4) is 0 Å². The molecule has 0 bridgehead atoms. The van der Waals surface area contributed by atoms with Crippen LogP contribution >= 0.6 is 0 Å². The first-order chi connectivity index (χ1) is 13.0. The van der Waals surface area contributed by atoms with Gasteiger partial charge < -0.3 is 13.9 Å². The Hall–Kier alpha value is -3.35. The smallest absolute Gasteiger partial charge is 0.322 e. The van der Waals surface area contributed by atoms with Gasteiger partial charge in [-0.3, -0.25) is 10.1 Å². The van der Waals surface area contributed by atoms with Gasteiger partial charge in [-0.2, -0.15) is 0 Å². The number of carbonyl (C=O) groups is 1. The third-order valence-electron chi connectivity index (χ3n) is 3.69. The first kappa shape index (κ1) is 18.4. The fraction of sp³-hybridized carbons (Fsp3) is 0.250. The molecule has 0 atom stereocenters. The Kier molecular flexibility index (Phi) is 5.71. The van der Waals surface area contributed by atoms with E-state index in [9.17, 15) is 4.79 Å². The van der Waals surface area contributed by atoms with Crippen molar-refractivity contribution in [3.63, 3.8) is 0 Å². The molecular formula is C20H21N3O4. The van der Waals surface area contributed by atoms with Crippen LogP contribution < -0.4 is 14.8 Å². The normalized spacial score (nSPS) is 10.7. The second-order valence-corrected chi connectivity index (χ2v) is 6.17. The molecule has 2 aromatic carbocycles. The molecule has 0 saturated heterocycles. The van der Waals surface area contributed by atoms with E-state index in [-0.39, 0.29) is 18.0 Å². The Bertz CT molecular complexity index is 886. The number of ether oxygens (including phenoxy) is 2. The van der Waals surface area contributed by atoms with E-state index >= 15 is 0 Å². The number of aromatic nitrogens is 2. The van der Waals surface area contributed by atoms with Gasteiger partial charge in [0.2, 0.25) is 5.89 Å². The summed E-state index contributed by atoms with van der Waals surface area (Å²) in [5.41, 5.74) is 1.47. The standard InChI is InChI=1S/C20H21N3O4/c1-13(2)26-17-10-6-15(7-11-17)19(24)21-20-23-22-18(27-20)12-14-4-8-16(25-3)9-5-14/h4-11,13H,12H2,1-3H3,(H,21,23,24). The summed E-state index contributed by atoms with van der Waals surface area (Å²) in [5.74, 6) is 1.57. The van der Waals surface area contributed by atoms with Crippen LogP contribution in [0.2, 0.25) is 0 Å². The summed E-state index contributed by atoms with van der Waals surface area (Å²) in [7, 11) is 1.62. The van der Waals surface area contributed by atoms with Crippen LogP contribution in [-0.4, -0.2) is 29.3 Å². The maximum Gasteiger partial charge on any atom is 0.322 e. The van der Waals surface area contributed by atoms with Crippen molar-refractivity contribution in [3.8, 4) is 11.5 Å². The molecule has 0 aliphatic heterocycles. The maximum atomic E-state index is 12.3. The molecule has 1 amide bonds. The van der Waals surface area contributed by atoms with Crippen molar-refractivity contribution in [1.82, 2.24) is 10.2 Å². The van der Waals surface area contributed by atoms with Crippen LogP contribution in [0.15, 0.2) is 52.9 Å². The lowest BCUT2D eigenvalue weighted by molar-refractivity contribution is 0.102. The molecule has 1 N–H and O–H groups in total. The summed E-state index contributed by atoms with van der Waals surface area (Å²) < 4.78 is 16.2. The van der Waals surface area contributed by atoms with E-state index < -0.39 is 0 Å². The third kappa shape index (κ3) is 5.07. The average Bonchev–Trinajstić information content (AvgIpc) is 3.09. The van der Waals surface area contributed by atoms with Crippen molar-refractivity contribution in [2.45, 2.75) is 26.4 Å². The number of nitrogens with one attached hydrogen (secondary N) is 1. The maximum absolute atomic E-state index is 12.3. The fourth-order valence-corrected chi connectivity index (χ4v) is 2.42. The van der Waals surface area contributed by atoms with Gasteiger partial charge in [-0.1, -0.05) is 17.2 Å². The Labute approximate surface area is 157 Å². The lowest BCUT2D eigenvalue weighted by Crippen LogP contribution is -2.12. The van der Waals surface area contributed by atoms with Gasteiger partial charge in [0.25, 0.3) is 5.91 Å². The van der Waals surface area contributed by atoms with E-state index in [0.29, 0.717) is 23.6 Å². The molecule has 140 valence electrons. The van der Waals surface area contributed by atoms with E-state index in [1.54, 1.807) is 31.4 Å². The summed E-state index contributed by atoms with van der Waals surface area (Å²) in [5, 5.41) is 10.4. The molecule has 0 aliphatic rings. The summed E-state index contributed by atoms with van der Waals surface area (Å²) in [6.07, 6.45) is 0.542. The number of hydrogen-bond donors (Lipinski definition) is 1. The lowest BCUT2D eigenvalue weighted by atomic mass is 10.1. The molecule has 0 aliphatic carbocycles. The van der Waals surface area contributed by atoms with Gasteiger partial charge in [0.15, 0.2) is 0 Å². The highest BCUT2D eigenvalue weighted by molar-refractivity contribution is 6.03. The summed E-state index contributed by atoms with van der Waals surface area (Å²) in [6.45, 7) is 3.89. The molecule has 27 heavy (non-hydrogen) atoms. The van der Waals surface area contributed by atoms with Crippen molar-refractivity contribution in [2.75, 3.05) is 12.4 Å². The first-order valence-electron chi connectivity index (χ1n) is 8.57. The number of benzene rings is 2. The molecule has 7 nitrogen and oxygen atoms in total. The number of anilines is 1. The molecule has 0 fully saturated rings. The van der Waals surface area contributed by atoms with Crippen LogP contribution in [0.5, 0.6) is 11.5 Å². The largest absolute Gasteiger partial charge is 0.497 e. The molecule has 1 aromatic heterocycles. The highest BCUT2D eigenvalue weighted by Gasteiger charge is 2.12. The van der Waals surface area contributed by atoms with Gasteiger partial charge in [-0.15, -0.1) is 5.10 Å². The predicted octanol–water partition coefficient (Wildman–Crippen LogP) is 3.71. The van der Waals surface area contributed by atoms with Crippen molar-refractivity contribution in [1.29, 1.82) is 0 Å². The molecule has 3 aromatic rings. The number of amides is 1. The van der Waals surface area contributed by atoms with Gasteiger partial charge in [0.05, 0.1) is 19.6 Å². The quantitative estimate of drug-likeness (QED) is 0.685. The van der Waals surface area contributed by atoms with Crippen molar-refractivity contribution in [3.05, 3.63) is 65.5 Å². The second kappa shape index (κ2) is 8.35. The number of carbonyl (C=O) groups excluding carboxylic acids is 1. The van der Waals surface area contributed by atoms with Crippen LogP contribution in [0.4, 0.5) is 6.01 Å². The van der Waals surface area contributed by atoms with E-state index in [0.717, 1.165) is 11.3 Å². The van der Waals surface area contributed by atoms with Gasteiger partial charge in [0.1, 0.15) is 11.5 Å². The predicted molar refractivity (Wildman–Crippen MR) is 100 cm³/mol. The monoisotopic (exact) mass is 367 g/mol. The minimum Gasteiger partial charge on any atom is -0.497 e. The van der Waals surface area contributed by atoms with Crippen molar-refractivity contribution < 1.29 is 18.7 Å². The van der Waals surface area contributed by atoms with Crippen molar-refractivity contribution >= 4 is 11.9 Å². The average molecular weight is 367 g/mol. The fourth-order valence-electron chi connectivity index (χ4n) is 2.42. The zero-order chi connectivity index (χ0) is 19.2. The van der Waals surface area contributed by atoms with Crippen LogP contribution in [0.25, 0.3) is 0 Å². The number of methoxy groups -OCH3 is 1. The minimum absolute atomic E-state index is 0.0611. The van der Waals surface area contributed by atoms with E-state index in [2.05, 4.69) is 15.5 Å². The summed E-state index contributed by atoms with van der Waals surface area (Å²) in [6, 6.07) is 14.5. The van der Waals surface area contributed by atoms with Crippen molar-refractivity contribution in [2.24, 2.45) is 0 Å². The zero-order valence-corrected chi connectivity index (χ0v) is 15.4. The summed E-state index contributed by atoms with van der Waals surface area (Å²) in [4.78, 5) is 12.3. The first-order valence-corrected chi connectivity index (χ1v) is 8.57. The summed E-state index contributed by atoms with van der Waals surface area (Å²) >= 11 is 0. The SMILES string of the molecule is COc1ccc(Cc2nnc(NC(=O)c3ccc(OC(C)C)cc3)o2)cc1. The number of nitrogens with zero attached hydrogens (tertiary/aromatic N) is 2. The number of rotatable bonds is 7. The molecule has 1 heterocycles. The second-order valence-electron chi connectivity index (χ2n) is 6.17. The molecular weight excluding hydrogens is 346 g/mol.